The predicted octanol–water partition coefficient (Wildman–Crippen LogP) is 1.67. The summed E-state index contributed by atoms with van der Waals surface area (Å²) < 4.78 is 13.4. The Balaban J connectivity index is 1.71. The summed E-state index contributed by atoms with van der Waals surface area (Å²) in [6.07, 6.45) is 2.82. The number of rotatable bonds is 5. The zero-order valence-corrected chi connectivity index (χ0v) is 12.6. The molecule has 1 aliphatic rings. The van der Waals surface area contributed by atoms with Gasteiger partial charge in [0.05, 0.1) is 5.92 Å². The number of hydrogen-bond acceptors (Lipinski definition) is 2. The van der Waals surface area contributed by atoms with Gasteiger partial charge >= 0.3 is 6.03 Å². The lowest BCUT2D eigenvalue weighted by molar-refractivity contribution is -0.126. The summed E-state index contributed by atoms with van der Waals surface area (Å²) in [6, 6.07) is 6.18. The summed E-state index contributed by atoms with van der Waals surface area (Å²) in [5, 5.41) is 2.86. The molecular weight excluding hydrogens is 285 g/mol. The van der Waals surface area contributed by atoms with Crippen LogP contribution in [0.1, 0.15) is 24.8 Å². The van der Waals surface area contributed by atoms with E-state index in [9.17, 15) is 14.0 Å². The van der Waals surface area contributed by atoms with Crippen LogP contribution in [0, 0.1) is 11.7 Å². The lowest BCUT2D eigenvalue weighted by Crippen LogP contribution is -2.47. The SMILES string of the molecule is NC(=O)N1CCC[C@@H](C(=O)NCCCc2ccccc2F)C1. The fourth-order valence-corrected chi connectivity index (χ4v) is 2.73. The first-order valence-corrected chi connectivity index (χ1v) is 7.63. The molecule has 0 aromatic heterocycles. The minimum atomic E-state index is -0.475. The van der Waals surface area contributed by atoms with Crippen LogP contribution in [-0.2, 0) is 11.2 Å². The quantitative estimate of drug-likeness (QED) is 0.812. The Morgan fingerprint density at radius 1 is 1.36 bits per heavy atom. The maximum atomic E-state index is 13.4. The van der Waals surface area contributed by atoms with Crippen LogP contribution in [0.4, 0.5) is 9.18 Å². The molecule has 3 amide bonds. The third kappa shape index (κ3) is 4.44. The molecule has 0 radical (unpaired) electrons. The van der Waals surface area contributed by atoms with Crippen LogP contribution in [0.15, 0.2) is 24.3 Å². The smallest absolute Gasteiger partial charge is 0.314 e. The highest BCUT2D eigenvalue weighted by molar-refractivity contribution is 5.80. The maximum absolute atomic E-state index is 13.4. The lowest BCUT2D eigenvalue weighted by atomic mass is 9.97. The molecular formula is C16H22FN3O2. The Bertz CT molecular complexity index is 536. The third-order valence-electron chi connectivity index (χ3n) is 3.98. The van der Waals surface area contributed by atoms with Crippen molar-refractivity contribution in [1.29, 1.82) is 0 Å². The van der Waals surface area contributed by atoms with Gasteiger partial charge in [0.2, 0.25) is 5.91 Å². The molecule has 0 unspecified atom stereocenters. The van der Waals surface area contributed by atoms with E-state index in [2.05, 4.69) is 5.32 Å². The first-order chi connectivity index (χ1) is 10.6. The van der Waals surface area contributed by atoms with E-state index in [4.69, 9.17) is 5.73 Å². The molecule has 0 saturated carbocycles. The number of hydrogen-bond donors (Lipinski definition) is 2. The number of nitrogens with zero attached hydrogens (tertiary/aromatic N) is 1. The van der Waals surface area contributed by atoms with Crippen molar-refractivity contribution >= 4 is 11.9 Å². The number of nitrogens with two attached hydrogens (primary N) is 1. The van der Waals surface area contributed by atoms with Crippen molar-refractivity contribution in [3.63, 3.8) is 0 Å². The van der Waals surface area contributed by atoms with Crippen molar-refractivity contribution in [3.05, 3.63) is 35.6 Å². The van der Waals surface area contributed by atoms with Crippen LogP contribution < -0.4 is 11.1 Å². The highest BCUT2D eigenvalue weighted by Gasteiger charge is 2.26. The molecule has 1 aromatic rings. The van der Waals surface area contributed by atoms with Crippen molar-refractivity contribution in [2.75, 3.05) is 19.6 Å². The van der Waals surface area contributed by atoms with Crippen LogP contribution in [0.3, 0.4) is 0 Å². The number of carbonyl (C=O) groups excluding carboxylic acids is 2. The second-order valence-electron chi connectivity index (χ2n) is 5.61. The number of piperidine rings is 1. The molecule has 3 N–H and O–H groups in total. The van der Waals surface area contributed by atoms with Gasteiger partial charge in [0.25, 0.3) is 0 Å². The average Bonchev–Trinajstić information content (AvgIpc) is 2.53. The van der Waals surface area contributed by atoms with E-state index < -0.39 is 6.03 Å². The van der Waals surface area contributed by atoms with Gasteiger partial charge in [0, 0.05) is 19.6 Å². The largest absolute Gasteiger partial charge is 0.356 e. The Kier molecular flexibility index (Phi) is 5.75. The number of benzene rings is 1. The predicted molar refractivity (Wildman–Crippen MR) is 81.6 cm³/mol. The zero-order valence-electron chi connectivity index (χ0n) is 12.6. The van der Waals surface area contributed by atoms with E-state index in [1.807, 2.05) is 0 Å². The minimum Gasteiger partial charge on any atom is -0.356 e. The van der Waals surface area contributed by atoms with E-state index >= 15 is 0 Å². The monoisotopic (exact) mass is 307 g/mol. The molecule has 2 rings (SSSR count). The van der Waals surface area contributed by atoms with Crippen molar-refractivity contribution in [2.24, 2.45) is 11.7 Å². The van der Waals surface area contributed by atoms with Crippen LogP contribution in [-0.4, -0.2) is 36.5 Å². The summed E-state index contributed by atoms with van der Waals surface area (Å²) in [4.78, 5) is 24.7. The molecule has 0 bridgehead atoms. The van der Waals surface area contributed by atoms with E-state index in [1.54, 1.807) is 18.2 Å². The van der Waals surface area contributed by atoms with Crippen LogP contribution in [0.2, 0.25) is 0 Å². The third-order valence-corrected chi connectivity index (χ3v) is 3.98. The molecule has 1 atom stereocenters. The molecule has 0 spiro atoms. The molecule has 1 saturated heterocycles. The van der Waals surface area contributed by atoms with Crippen LogP contribution in [0.5, 0.6) is 0 Å². The van der Waals surface area contributed by atoms with E-state index in [0.29, 0.717) is 38.0 Å². The van der Waals surface area contributed by atoms with Gasteiger partial charge in [0.1, 0.15) is 5.82 Å². The molecule has 1 aliphatic heterocycles. The molecule has 22 heavy (non-hydrogen) atoms. The number of halogens is 1. The second-order valence-corrected chi connectivity index (χ2v) is 5.61. The maximum Gasteiger partial charge on any atom is 0.314 e. The Morgan fingerprint density at radius 3 is 2.86 bits per heavy atom. The number of likely N-dealkylation sites (tertiary alicyclic amines) is 1. The van der Waals surface area contributed by atoms with Crippen molar-refractivity contribution in [2.45, 2.75) is 25.7 Å². The van der Waals surface area contributed by atoms with Gasteiger partial charge in [-0.05, 0) is 37.3 Å². The topological polar surface area (TPSA) is 75.4 Å². The number of primary amides is 1. The normalized spacial score (nSPS) is 18.0. The van der Waals surface area contributed by atoms with Crippen LogP contribution >= 0.6 is 0 Å². The van der Waals surface area contributed by atoms with Crippen molar-refractivity contribution in [3.8, 4) is 0 Å². The highest BCUT2D eigenvalue weighted by Crippen LogP contribution is 2.16. The van der Waals surface area contributed by atoms with Gasteiger partial charge in [-0.2, -0.15) is 0 Å². The van der Waals surface area contributed by atoms with Gasteiger partial charge in [0.15, 0.2) is 0 Å². The molecule has 0 aliphatic carbocycles. The van der Waals surface area contributed by atoms with E-state index in [-0.39, 0.29) is 17.6 Å². The molecule has 1 aromatic carbocycles. The average molecular weight is 307 g/mol. The molecule has 6 heteroatoms. The number of nitrogens with one attached hydrogen (secondary N) is 1. The summed E-state index contributed by atoms with van der Waals surface area (Å²) in [6.45, 7) is 1.50. The van der Waals surface area contributed by atoms with E-state index in [1.165, 1.54) is 11.0 Å². The van der Waals surface area contributed by atoms with Crippen LogP contribution in [0.25, 0.3) is 0 Å². The molecule has 120 valence electrons. The number of carbonyl (C=O) groups is 2. The van der Waals surface area contributed by atoms with Crippen molar-refractivity contribution < 1.29 is 14.0 Å². The summed E-state index contributed by atoms with van der Waals surface area (Å²) in [7, 11) is 0. The first-order valence-electron chi connectivity index (χ1n) is 7.63. The molecule has 1 heterocycles. The number of aryl methyl sites for hydroxylation is 1. The second kappa shape index (κ2) is 7.77. The molecule has 1 fully saturated rings. The van der Waals surface area contributed by atoms with Gasteiger partial charge in [-0.3, -0.25) is 4.79 Å². The first kappa shape index (κ1) is 16.3. The van der Waals surface area contributed by atoms with Gasteiger partial charge < -0.3 is 16.0 Å². The standard InChI is InChI=1S/C16H22FN3O2/c17-14-8-2-1-5-12(14)6-3-9-19-15(21)13-7-4-10-20(11-13)16(18)22/h1-2,5,8,13H,3-4,6-7,9-11H2,(H2,18,22)(H,19,21)/t13-/m1/s1. The zero-order chi connectivity index (χ0) is 15.9. The fraction of sp³-hybridized carbons (Fsp3) is 0.500. The van der Waals surface area contributed by atoms with Crippen molar-refractivity contribution in [1.82, 2.24) is 10.2 Å². The Labute approximate surface area is 129 Å². The minimum absolute atomic E-state index is 0.0560. The fourth-order valence-electron chi connectivity index (χ4n) is 2.73. The van der Waals surface area contributed by atoms with Gasteiger partial charge in [-0.1, -0.05) is 18.2 Å². The number of urea groups is 1. The molecule has 5 nitrogen and oxygen atoms in total. The Hall–Kier alpha value is -2.11. The lowest BCUT2D eigenvalue weighted by Gasteiger charge is -2.30. The van der Waals surface area contributed by atoms with Gasteiger partial charge in [-0.25, -0.2) is 9.18 Å². The summed E-state index contributed by atoms with van der Waals surface area (Å²) in [5.74, 6) is -0.465. The van der Waals surface area contributed by atoms with E-state index in [0.717, 1.165) is 12.8 Å². The number of amides is 3. The summed E-state index contributed by atoms with van der Waals surface area (Å²) in [5.41, 5.74) is 5.91. The Morgan fingerprint density at radius 2 is 2.14 bits per heavy atom. The van der Waals surface area contributed by atoms with Gasteiger partial charge in [-0.15, -0.1) is 0 Å². The summed E-state index contributed by atoms with van der Waals surface area (Å²) >= 11 is 0. The highest BCUT2D eigenvalue weighted by atomic mass is 19.1.